The predicted molar refractivity (Wildman–Crippen MR) is 65.9 cm³/mol. The summed E-state index contributed by atoms with van der Waals surface area (Å²) >= 11 is 5.69. The summed E-state index contributed by atoms with van der Waals surface area (Å²) in [6.45, 7) is 7.69. The predicted octanol–water partition coefficient (Wildman–Crippen LogP) is 1.80. The van der Waals surface area contributed by atoms with Gasteiger partial charge < -0.3 is 4.90 Å². The first-order valence-electron chi connectivity index (χ1n) is 5.75. The Kier molecular flexibility index (Phi) is 3.79. The Bertz CT molecular complexity index is 391. The second-order valence-electron chi connectivity index (χ2n) is 4.43. The van der Waals surface area contributed by atoms with Crippen molar-refractivity contribution in [1.82, 2.24) is 14.9 Å². The van der Waals surface area contributed by atoms with Crippen molar-refractivity contribution in [2.75, 3.05) is 31.1 Å². The van der Waals surface area contributed by atoms with Gasteiger partial charge in [-0.3, -0.25) is 4.90 Å². The molecule has 94 valence electrons. The first-order chi connectivity index (χ1) is 8.08. The molecule has 0 aliphatic carbocycles. The molecule has 1 aromatic heterocycles. The maximum atomic E-state index is 13.6. The van der Waals surface area contributed by atoms with E-state index < -0.39 is 5.82 Å². The van der Waals surface area contributed by atoms with E-state index in [1.54, 1.807) is 0 Å². The van der Waals surface area contributed by atoms with Crippen LogP contribution in [0.25, 0.3) is 0 Å². The van der Waals surface area contributed by atoms with Gasteiger partial charge in [-0.05, 0) is 25.4 Å². The van der Waals surface area contributed by atoms with Crippen LogP contribution in [0.3, 0.4) is 0 Å². The second kappa shape index (κ2) is 5.14. The molecule has 0 saturated carbocycles. The first kappa shape index (κ1) is 12.5. The van der Waals surface area contributed by atoms with Crippen molar-refractivity contribution in [1.29, 1.82) is 0 Å². The lowest BCUT2D eigenvalue weighted by atomic mass is 10.2. The summed E-state index contributed by atoms with van der Waals surface area (Å²) in [5.74, 6) is -0.0965. The van der Waals surface area contributed by atoms with E-state index in [2.05, 4.69) is 28.7 Å². The molecular formula is C11H16ClFN4. The minimum atomic E-state index is -0.410. The molecular weight excluding hydrogens is 243 g/mol. The molecule has 1 saturated heterocycles. The highest BCUT2D eigenvalue weighted by Gasteiger charge is 2.22. The largest absolute Gasteiger partial charge is 0.351 e. The molecule has 1 aliphatic rings. The van der Waals surface area contributed by atoms with Gasteiger partial charge in [0.05, 0.1) is 6.20 Å². The zero-order valence-electron chi connectivity index (χ0n) is 10.0. The van der Waals surface area contributed by atoms with Crippen molar-refractivity contribution >= 4 is 17.4 Å². The van der Waals surface area contributed by atoms with Crippen LogP contribution in [-0.2, 0) is 0 Å². The van der Waals surface area contributed by atoms with E-state index in [4.69, 9.17) is 11.6 Å². The highest BCUT2D eigenvalue weighted by molar-refractivity contribution is 6.28. The number of piperazine rings is 1. The van der Waals surface area contributed by atoms with E-state index in [0.717, 1.165) is 32.4 Å². The van der Waals surface area contributed by atoms with Gasteiger partial charge in [0.2, 0.25) is 5.28 Å². The third kappa shape index (κ3) is 2.84. The van der Waals surface area contributed by atoms with Gasteiger partial charge >= 0.3 is 0 Å². The minimum absolute atomic E-state index is 0.0905. The fourth-order valence-corrected chi connectivity index (χ4v) is 2.14. The Hall–Kier alpha value is -0.940. The molecule has 0 radical (unpaired) electrons. The number of rotatable bonds is 2. The summed E-state index contributed by atoms with van der Waals surface area (Å²) in [6.07, 6.45) is 1.12. The van der Waals surface area contributed by atoms with Crippen LogP contribution in [0, 0.1) is 5.82 Å². The first-order valence-corrected chi connectivity index (χ1v) is 6.13. The van der Waals surface area contributed by atoms with E-state index in [9.17, 15) is 4.39 Å². The topological polar surface area (TPSA) is 32.3 Å². The van der Waals surface area contributed by atoms with Crippen molar-refractivity contribution in [3.8, 4) is 0 Å². The van der Waals surface area contributed by atoms with E-state index in [0.29, 0.717) is 11.9 Å². The van der Waals surface area contributed by atoms with Gasteiger partial charge in [-0.1, -0.05) is 0 Å². The van der Waals surface area contributed by atoms with Crippen LogP contribution in [0.5, 0.6) is 0 Å². The Balaban J connectivity index is 2.07. The minimum Gasteiger partial charge on any atom is -0.351 e. The number of halogens is 2. The van der Waals surface area contributed by atoms with E-state index in [-0.39, 0.29) is 5.28 Å². The van der Waals surface area contributed by atoms with Crippen molar-refractivity contribution < 1.29 is 4.39 Å². The average molecular weight is 259 g/mol. The molecule has 2 heterocycles. The third-order valence-corrected chi connectivity index (χ3v) is 3.22. The number of aromatic nitrogens is 2. The summed E-state index contributed by atoms with van der Waals surface area (Å²) in [7, 11) is 0. The molecule has 1 fully saturated rings. The Morgan fingerprint density at radius 1 is 1.29 bits per heavy atom. The summed E-state index contributed by atoms with van der Waals surface area (Å²) in [6, 6.07) is 0.524. The van der Waals surface area contributed by atoms with Crippen molar-refractivity contribution in [2.45, 2.75) is 19.9 Å². The third-order valence-electron chi connectivity index (χ3n) is 3.04. The van der Waals surface area contributed by atoms with Crippen molar-refractivity contribution in [3.05, 3.63) is 17.3 Å². The van der Waals surface area contributed by atoms with Crippen LogP contribution >= 0.6 is 11.6 Å². The van der Waals surface area contributed by atoms with E-state index in [1.165, 1.54) is 0 Å². The van der Waals surface area contributed by atoms with Gasteiger partial charge in [0, 0.05) is 32.2 Å². The molecule has 6 heteroatoms. The summed E-state index contributed by atoms with van der Waals surface area (Å²) in [5.41, 5.74) is 0. The van der Waals surface area contributed by atoms with Gasteiger partial charge in [-0.25, -0.2) is 9.37 Å². The molecule has 0 bridgehead atoms. The van der Waals surface area contributed by atoms with Crippen LogP contribution in [0.2, 0.25) is 5.28 Å². The maximum Gasteiger partial charge on any atom is 0.224 e. The van der Waals surface area contributed by atoms with Crippen molar-refractivity contribution in [3.63, 3.8) is 0 Å². The van der Waals surface area contributed by atoms with Gasteiger partial charge in [-0.15, -0.1) is 0 Å². The van der Waals surface area contributed by atoms with Crippen LogP contribution in [0.15, 0.2) is 6.20 Å². The fourth-order valence-electron chi connectivity index (χ4n) is 2.01. The second-order valence-corrected chi connectivity index (χ2v) is 4.77. The molecule has 0 atom stereocenters. The van der Waals surface area contributed by atoms with E-state index in [1.807, 2.05) is 4.90 Å². The smallest absolute Gasteiger partial charge is 0.224 e. The summed E-state index contributed by atoms with van der Waals surface area (Å²) in [5, 5.41) is 0.0905. The monoisotopic (exact) mass is 258 g/mol. The van der Waals surface area contributed by atoms with E-state index >= 15 is 0 Å². The lowest BCUT2D eigenvalue weighted by molar-refractivity contribution is 0.208. The molecule has 1 aromatic rings. The molecule has 0 unspecified atom stereocenters. The van der Waals surface area contributed by atoms with Gasteiger partial charge in [-0.2, -0.15) is 4.98 Å². The molecule has 2 rings (SSSR count). The maximum absolute atomic E-state index is 13.6. The zero-order valence-corrected chi connectivity index (χ0v) is 10.8. The van der Waals surface area contributed by atoms with Crippen LogP contribution in [0.1, 0.15) is 13.8 Å². The highest BCUT2D eigenvalue weighted by atomic mass is 35.5. The molecule has 0 spiro atoms. The number of hydrogen-bond acceptors (Lipinski definition) is 4. The standard InChI is InChI=1S/C11H16ClFN4/c1-8(2)16-3-5-17(6-4-16)10-9(13)7-14-11(12)15-10/h7-8H,3-6H2,1-2H3. The molecule has 4 nitrogen and oxygen atoms in total. The van der Waals surface area contributed by atoms with Crippen LogP contribution in [0.4, 0.5) is 10.2 Å². The quantitative estimate of drug-likeness (QED) is 0.758. The average Bonchev–Trinajstić information content (AvgIpc) is 2.32. The van der Waals surface area contributed by atoms with Gasteiger partial charge in [0.1, 0.15) is 0 Å². The van der Waals surface area contributed by atoms with Crippen molar-refractivity contribution in [2.24, 2.45) is 0 Å². The molecule has 0 amide bonds. The highest BCUT2D eigenvalue weighted by Crippen LogP contribution is 2.19. The molecule has 0 aromatic carbocycles. The number of anilines is 1. The van der Waals surface area contributed by atoms with Crippen LogP contribution in [-0.4, -0.2) is 47.1 Å². The molecule has 0 N–H and O–H groups in total. The zero-order chi connectivity index (χ0) is 12.4. The Labute approximate surface area is 105 Å². The van der Waals surface area contributed by atoms with Gasteiger partial charge in [0.25, 0.3) is 0 Å². The normalized spacial score (nSPS) is 17.8. The lowest BCUT2D eigenvalue weighted by Gasteiger charge is -2.37. The fraction of sp³-hybridized carbons (Fsp3) is 0.636. The SMILES string of the molecule is CC(C)N1CCN(c2nc(Cl)ncc2F)CC1. The molecule has 17 heavy (non-hydrogen) atoms. The summed E-state index contributed by atoms with van der Waals surface area (Å²) < 4.78 is 13.6. The summed E-state index contributed by atoms with van der Waals surface area (Å²) in [4.78, 5) is 11.8. The molecule has 1 aliphatic heterocycles. The number of hydrogen-bond donors (Lipinski definition) is 0. The van der Waals surface area contributed by atoms with Crippen LogP contribution < -0.4 is 4.90 Å². The number of nitrogens with zero attached hydrogens (tertiary/aromatic N) is 4. The lowest BCUT2D eigenvalue weighted by Crippen LogP contribution is -2.49. The van der Waals surface area contributed by atoms with Gasteiger partial charge in [0.15, 0.2) is 11.6 Å². The Morgan fingerprint density at radius 2 is 1.94 bits per heavy atom. The Morgan fingerprint density at radius 3 is 2.53 bits per heavy atom.